The summed E-state index contributed by atoms with van der Waals surface area (Å²) in [5.74, 6) is 0.890. The lowest BCUT2D eigenvalue weighted by Gasteiger charge is -2.30. The van der Waals surface area contributed by atoms with Crippen LogP contribution in [0.25, 0.3) is 5.65 Å². The van der Waals surface area contributed by atoms with Gasteiger partial charge in [-0.05, 0) is 43.9 Å². The number of ether oxygens (including phenoxy) is 1. The van der Waals surface area contributed by atoms with Gasteiger partial charge >= 0.3 is 0 Å². The number of amides is 1. The maximum Gasteiger partial charge on any atom is 0.271 e. The number of hydrogen-bond donors (Lipinski definition) is 1. The molecule has 1 spiro atoms. The van der Waals surface area contributed by atoms with Gasteiger partial charge in [0.05, 0.1) is 24.0 Å². The Morgan fingerprint density at radius 1 is 1.31 bits per heavy atom. The van der Waals surface area contributed by atoms with Crippen LogP contribution in [0.4, 0.5) is 10.2 Å². The molecule has 3 atom stereocenters. The van der Waals surface area contributed by atoms with Crippen LogP contribution < -0.4 is 15.0 Å². The van der Waals surface area contributed by atoms with E-state index in [1.165, 1.54) is 18.5 Å². The summed E-state index contributed by atoms with van der Waals surface area (Å²) in [4.78, 5) is 23.5. The molecule has 3 aromatic rings. The first-order valence-corrected chi connectivity index (χ1v) is 9.78. The largest absolute Gasteiger partial charge is 0.475 e. The van der Waals surface area contributed by atoms with Gasteiger partial charge in [-0.25, -0.2) is 18.9 Å². The molecule has 29 heavy (non-hydrogen) atoms. The molecule has 5 heterocycles. The summed E-state index contributed by atoms with van der Waals surface area (Å²) in [6, 6.07) is 5.02. The van der Waals surface area contributed by atoms with Gasteiger partial charge in [0.15, 0.2) is 11.3 Å². The van der Waals surface area contributed by atoms with Crippen LogP contribution in [-0.4, -0.2) is 44.7 Å². The second kappa shape index (κ2) is 5.65. The van der Waals surface area contributed by atoms with Crippen molar-refractivity contribution in [3.8, 4) is 5.88 Å². The predicted molar refractivity (Wildman–Crippen MR) is 101 cm³/mol. The summed E-state index contributed by atoms with van der Waals surface area (Å²) in [7, 11) is 0. The molecule has 1 saturated heterocycles. The quantitative estimate of drug-likeness (QED) is 0.627. The topological polar surface area (TPSA) is 84.7 Å². The number of aromatic nitrogens is 4. The molecule has 8 nitrogen and oxygen atoms in total. The Morgan fingerprint density at radius 2 is 2.21 bits per heavy atom. The lowest BCUT2D eigenvalue weighted by Crippen LogP contribution is -2.37. The highest BCUT2D eigenvalue weighted by Crippen LogP contribution is 2.64. The molecule has 3 aliphatic rings. The lowest BCUT2D eigenvalue weighted by molar-refractivity contribution is 0.0918. The highest BCUT2D eigenvalue weighted by atomic mass is 19.1. The molecule has 3 unspecified atom stereocenters. The number of fused-ring (bicyclic) bond motifs is 3. The first kappa shape index (κ1) is 16.7. The maximum absolute atomic E-state index is 14.2. The number of carbonyl (C=O) groups is 1. The number of anilines is 1. The second-order valence-corrected chi connectivity index (χ2v) is 8.06. The van der Waals surface area contributed by atoms with Crippen LogP contribution in [0.1, 0.15) is 35.8 Å². The SMILES string of the molecule is CC1COc2ncc(F)cc2C23CC2CCN3c2ccc3ncc(n3n2)C(=O)N1. The van der Waals surface area contributed by atoms with Gasteiger partial charge in [0.2, 0.25) is 5.88 Å². The van der Waals surface area contributed by atoms with Crippen LogP contribution in [0.5, 0.6) is 5.88 Å². The molecule has 148 valence electrons. The highest BCUT2D eigenvalue weighted by molar-refractivity contribution is 5.93. The first-order valence-electron chi connectivity index (χ1n) is 9.78. The van der Waals surface area contributed by atoms with Gasteiger partial charge in [-0.15, -0.1) is 5.10 Å². The Morgan fingerprint density at radius 3 is 3.07 bits per heavy atom. The Balaban J connectivity index is 1.57. The zero-order chi connectivity index (χ0) is 19.8. The molecule has 2 bridgehead atoms. The minimum atomic E-state index is -0.384. The molecule has 1 N–H and O–H groups in total. The first-order chi connectivity index (χ1) is 14.1. The van der Waals surface area contributed by atoms with E-state index in [4.69, 9.17) is 9.84 Å². The Labute approximate surface area is 165 Å². The number of hydrogen-bond acceptors (Lipinski definition) is 6. The van der Waals surface area contributed by atoms with E-state index in [1.54, 1.807) is 4.52 Å². The van der Waals surface area contributed by atoms with Crippen molar-refractivity contribution in [2.75, 3.05) is 18.1 Å². The smallest absolute Gasteiger partial charge is 0.271 e. The third kappa shape index (κ3) is 2.30. The van der Waals surface area contributed by atoms with E-state index in [0.29, 0.717) is 23.1 Å². The van der Waals surface area contributed by atoms with Crippen molar-refractivity contribution in [3.05, 3.63) is 47.7 Å². The van der Waals surface area contributed by atoms with Gasteiger partial charge < -0.3 is 15.0 Å². The molecule has 6 rings (SSSR count). The number of piperidine rings is 1. The average Bonchev–Trinajstić information content (AvgIpc) is 3.09. The summed E-state index contributed by atoms with van der Waals surface area (Å²) >= 11 is 0. The Kier molecular flexibility index (Phi) is 3.25. The Hall–Kier alpha value is -3.23. The molecule has 1 amide bonds. The summed E-state index contributed by atoms with van der Waals surface area (Å²) in [6.45, 7) is 2.87. The van der Waals surface area contributed by atoms with Gasteiger partial charge in [0.25, 0.3) is 5.91 Å². The van der Waals surface area contributed by atoms with Crippen molar-refractivity contribution in [1.29, 1.82) is 0 Å². The summed E-state index contributed by atoms with van der Waals surface area (Å²) in [5, 5.41) is 7.64. The molecule has 3 aromatic heterocycles. The number of rotatable bonds is 0. The molecule has 1 aliphatic carbocycles. The fraction of sp³-hybridized carbons (Fsp3) is 0.400. The van der Waals surface area contributed by atoms with Gasteiger partial charge in [0.1, 0.15) is 18.2 Å². The molecule has 2 aliphatic heterocycles. The van der Waals surface area contributed by atoms with E-state index in [-0.39, 0.29) is 29.9 Å². The van der Waals surface area contributed by atoms with Crippen molar-refractivity contribution < 1.29 is 13.9 Å². The van der Waals surface area contributed by atoms with Gasteiger partial charge in [-0.2, -0.15) is 0 Å². The highest BCUT2D eigenvalue weighted by Gasteiger charge is 2.65. The van der Waals surface area contributed by atoms with Crippen LogP contribution in [0.3, 0.4) is 0 Å². The minimum Gasteiger partial charge on any atom is -0.475 e. The normalized spacial score (nSPS) is 27.8. The van der Waals surface area contributed by atoms with Gasteiger partial charge in [-0.1, -0.05) is 0 Å². The van der Waals surface area contributed by atoms with Crippen molar-refractivity contribution in [1.82, 2.24) is 24.9 Å². The molecule has 9 heteroatoms. The standard InChI is InChI=1S/C20H19FN6O2/c1-11-10-29-19-14(6-13(21)8-23-19)20-7-12(20)4-5-26(20)17-3-2-16-22-9-15(18(28)24-11)27(16)25-17/h2-3,6,8-9,11-12H,4-5,7,10H2,1H3,(H,24,28). The zero-order valence-electron chi connectivity index (χ0n) is 15.8. The summed E-state index contributed by atoms with van der Waals surface area (Å²) in [6.07, 6.45) is 4.59. The average molecular weight is 394 g/mol. The predicted octanol–water partition coefficient (Wildman–Crippen LogP) is 1.90. The van der Waals surface area contributed by atoms with Crippen molar-refractivity contribution in [3.63, 3.8) is 0 Å². The van der Waals surface area contributed by atoms with E-state index >= 15 is 0 Å². The molecular weight excluding hydrogens is 375 g/mol. The number of halogens is 1. The Bertz CT molecular complexity index is 1160. The van der Waals surface area contributed by atoms with Gasteiger partial charge in [0, 0.05) is 12.1 Å². The number of nitrogens with one attached hydrogen (secondary N) is 1. The van der Waals surface area contributed by atoms with Crippen LogP contribution in [0.15, 0.2) is 30.6 Å². The van der Waals surface area contributed by atoms with E-state index in [1.807, 2.05) is 19.1 Å². The maximum atomic E-state index is 14.2. The van der Waals surface area contributed by atoms with Crippen molar-refractivity contribution in [2.24, 2.45) is 5.92 Å². The molecule has 0 radical (unpaired) electrons. The number of pyridine rings is 1. The van der Waals surface area contributed by atoms with Crippen LogP contribution in [-0.2, 0) is 5.54 Å². The molecule has 1 saturated carbocycles. The molecular formula is C20H19FN6O2. The van der Waals surface area contributed by atoms with Crippen molar-refractivity contribution in [2.45, 2.75) is 31.3 Å². The summed E-state index contributed by atoms with van der Waals surface area (Å²) < 4.78 is 21.7. The monoisotopic (exact) mass is 394 g/mol. The van der Waals surface area contributed by atoms with Crippen molar-refractivity contribution >= 4 is 17.4 Å². The molecule has 0 aromatic carbocycles. The van der Waals surface area contributed by atoms with E-state index < -0.39 is 0 Å². The van der Waals surface area contributed by atoms with Crippen LogP contribution >= 0.6 is 0 Å². The van der Waals surface area contributed by atoms with Crippen LogP contribution in [0.2, 0.25) is 0 Å². The van der Waals surface area contributed by atoms with E-state index in [0.717, 1.165) is 30.8 Å². The fourth-order valence-corrected chi connectivity index (χ4v) is 4.82. The minimum absolute atomic E-state index is 0.227. The van der Waals surface area contributed by atoms with E-state index in [2.05, 4.69) is 20.2 Å². The third-order valence-electron chi connectivity index (χ3n) is 6.24. The number of carbonyl (C=O) groups excluding carboxylic acids is 1. The fourth-order valence-electron chi connectivity index (χ4n) is 4.82. The number of imidazole rings is 1. The summed E-state index contributed by atoms with van der Waals surface area (Å²) in [5.41, 5.74) is 1.35. The van der Waals surface area contributed by atoms with Crippen LogP contribution in [0, 0.1) is 11.7 Å². The van der Waals surface area contributed by atoms with Gasteiger partial charge in [-0.3, -0.25) is 4.79 Å². The van der Waals surface area contributed by atoms with E-state index in [9.17, 15) is 9.18 Å². The zero-order valence-corrected chi connectivity index (χ0v) is 15.8. The molecule has 2 fully saturated rings. The third-order valence-corrected chi connectivity index (χ3v) is 6.24. The number of nitrogens with zero attached hydrogens (tertiary/aromatic N) is 5. The second-order valence-electron chi connectivity index (χ2n) is 8.06. The lowest BCUT2D eigenvalue weighted by atomic mass is 10.0.